The molecule has 0 fully saturated rings. The molecule has 0 spiro atoms. The summed E-state index contributed by atoms with van der Waals surface area (Å²) in [4.78, 5) is 0. The largest absolute Gasteiger partial charge is 1.00 e. The van der Waals surface area contributed by atoms with Crippen LogP contribution >= 0.6 is 0 Å². The van der Waals surface area contributed by atoms with Gasteiger partial charge in [0.1, 0.15) is 28.8 Å². The van der Waals surface area contributed by atoms with Gasteiger partial charge in [-0.2, -0.15) is 0 Å². The molecule has 0 aliphatic heterocycles. The Morgan fingerprint density at radius 2 is 0.539 bits per heavy atom. The Hall–Kier alpha value is -2.30. The fraction of sp³-hybridized carbons (Fsp3) is 0.600. The first-order chi connectivity index (χ1) is 35.9. The van der Waals surface area contributed by atoms with Crippen molar-refractivity contribution in [2.45, 2.75) is 232 Å². The predicted octanol–water partition coefficient (Wildman–Crippen LogP) is 13.3. The fourth-order valence-electron chi connectivity index (χ4n) is 9.75. The zero-order valence-electron chi connectivity index (χ0n) is 50.8. The van der Waals surface area contributed by atoms with Crippen molar-refractivity contribution in [1.29, 1.82) is 0 Å². The number of rotatable bonds is 40. The molecule has 2 nitrogen and oxygen atoms in total. The number of halogens is 1. The van der Waals surface area contributed by atoms with Crippen LogP contribution in [0.1, 0.15) is 242 Å². The van der Waals surface area contributed by atoms with Crippen LogP contribution in [0.15, 0.2) is 122 Å². The molecule has 0 heterocycles. The Labute approximate surface area is 504 Å². The van der Waals surface area contributed by atoms with Crippen molar-refractivity contribution in [3.05, 3.63) is 145 Å². The van der Waals surface area contributed by atoms with Crippen LogP contribution < -0.4 is 52.9 Å². The van der Waals surface area contributed by atoms with Crippen LogP contribution in [-0.4, -0.2) is 65.9 Å². The van der Waals surface area contributed by atoms with Crippen LogP contribution in [0.4, 0.5) is 0 Å². The molecule has 0 N–H and O–H groups in total. The van der Waals surface area contributed by atoms with Gasteiger partial charge in [-0.15, -0.1) is 0 Å². The maximum atomic E-state index is 5.36. The van der Waals surface area contributed by atoms with E-state index in [9.17, 15) is 0 Å². The molecule has 6 heteroatoms. The maximum absolute atomic E-state index is 5.36. The van der Waals surface area contributed by atoms with E-state index in [0.717, 1.165) is 33.0 Å². The fourth-order valence-corrected chi connectivity index (χ4v) is 9.75. The topological polar surface area (TPSA) is 0 Å². The molecule has 4 rings (SSSR count). The Bertz CT molecular complexity index is 1680. The van der Waals surface area contributed by atoms with Crippen LogP contribution in [-0.2, 0) is 13.1 Å². The minimum atomic E-state index is 0. The first-order valence-electron chi connectivity index (χ1n) is 30.6. The van der Waals surface area contributed by atoms with Gasteiger partial charge in [0.15, 0.2) is 0 Å². The molecule has 4 aromatic rings. The average molecular weight is 1060 g/mol. The number of hydrogen-bond donors (Lipinski definition) is 0. The van der Waals surface area contributed by atoms with Gasteiger partial charge in [-0.25, -0.2) is 0 Å². The Kier molecular flexibility index (Phi) is 53.2. The Morgan fingerprint density at radius 3 is 0.724 bits per heavy atom. The quantitative estimate of drug-likeness (QED) is 0.0237. The SMILES string of the molecule is C=Cc1ccc(C[N+](C)(C)CCCCCCCCCCCCCCCCCC)cc1.C=Cc1ccc(C[N+](C)(C)CCCCCCCCCCCCCCCCCC)cc1.[B]c1ccccc1.[B]c1ccccc1.[Cl-].[Na+]. The van der Waals surface area contributed by atoms with E-state index in [1.807, 2.05) is 72.8 Å². The second kappa shape index (κ2) is 53.3. The van der Waals surface area contributed by atoms with E-state index in [2.05, 4.69) is 104 Å². The van der Waals surface area contributed by atoms with Crippen LogP contribution in [0.3, 0.4) is 0 Å². The van der Waals surface area contributed by atoms with Gasteiger partial charge in [-0.05, 0) is 36.8 Å². The molecule has 76 heavy (non-hydrogen) atoms. The van der Waals surface area contributed by atoms with Gasteiger partial charge in [0, 0.05) is 11.1 Å². The molecule has 0 bridgehead atoms. The van der Waals surface area contributed by atoms with Crippen molar-refractivity contribution in [2.75, 3.05) is 41.3 Å². The number of nitrogens with zero attached hydrogens (tertiary/aromatic N) is 2. The molecule has 0 aliphatic rings. The summed E-state index contributed by atoms with van der Waals surface area (Å²) in [6.07, 6.45) is 49.9. The first kappa shape index (κ1) is 75.8. The van der Waals surface area contributed by atoms with Gasteiger partial charge in [0.05, 0.1) is 41.3 Å². The summed E-state index contributed by atoms with van der Waals surface area (Å²) in [6, 6.07) is 36.7. The average Bonchev–Trinajstić information content (AvgIpc) is 3.39. The number of unbranched alkanes of at least 4 members (excludes halogenated alkanes) is 30. The summed E-state index contributed by atoms with van der Waals surface area (Å²) < 4.78 is 2.18. The standard InChI is InChI=1S/2C29H52N.2C6H5B.ClH.Na/c2*1-5-7-8-9-10-11-12-13-14-15-16-17-18-19-20-21-26-30(3,4)27-29-24-22-28(6-2)23-25-29;2*7-6-4-2-1-3-5-6;;/h2*6,22-25H,2,5,7-21,26-27H2,1,3-4H3;2*1-5H;1H;/q2*+1;;;;+1/p-1. The number of hydrogen-bond acceptors (Lipinski definition) is 0. The van der Waals surface area contributed by atoms with E-state index in [1.54, 1.807) is 0 Å². The van der Waals surface area contributed by atoms with Crippen molar-refractivity contribution in [2.24, 2.45) is 0 Å². The molecular formula is C70H114B2ClN2Na+2. The van der Waals surface area contributed by atoms with Gasteiger partial charge in [0.25, 0.3) is 0 Å². The third-order valence-corrected chi connectivity index (χ3v) is 14.5. The molecule has 0 amide bonds. The van der Waals surface area contributed by atoms with E-state index in [-0.39, 0.29) is 42.0 Å². The van der Waals surface area contributed by atoms with Crippen molar-refractivity contribution in [1.82, 2.24) is 0 Å². The van der Waals surface area contributed by atoms with Crippen LogP contribution in [0.25, 0.3) is 12.2 Å². The normalized spacial score (nSPS) is 10.8. The van der Waals surface area contributed by atoms with Gasteiger partial charge in [-0.3, -0.25) is 0 Å². The molecule has 0 unspecified atom stereocenters. The minimum absolute atomic E-state index is 0. The van der Waals surface area contributed by atoms with Crippen molar-refractivity contribution in [3.63, 3.8) is 0 Å². The zero-order chi connectivity index (χ0) is 54.1. The van der Waals surface area contributed by atoms with E-state index in [0.29, 0.717) is 0 Å². The van der Waals surface area contributed by atoms with Crippen molar-refractivity contribution in [3.8, 4) is 0 Å². The molecule has 0 aliphatic carbocycles. The molecular weight excluding hydrogens is 949 g/mol. The molecule has 0 saturated carbocycles. The smallest absolute Gasteiger partial charge is 1.00 e. The first-order valence-corrected chi connectivity index (χ1v) is 30.6. The van der Waals surface area contributed by atoms with E-state index < -0.39 is 0 Å². The molecule has 0 aromatic heterocycles. The summed E-state index contributed by atoms with van der Waals surface area (Å²) in [6.45, 7) is 17.1. The molecule has 4 aromatic carbocycles. The van der Waals surface area contributed by atoms with Gasteiger partial charge in [0.2, 0.25) is 0 Å². The second-order valence-electron chi connectivity index (χ2n) is 23.0. The van der Waals surface area contributed by atoms with Gasteiger partial charge in [-0.1, -0.05) is 339 Å². The van der Waals surface area contributed by atoms with Gasteiger partial charge >= 0.3 is 29.6 Å². The van der Waals surface area contributed by atoms with Gasteiger partial charge < -0.3 is 21.4 Å². The maximum Gasteiger partial charge on any atom is 1.00 e. The summed E-state index contributed by atoms with van der Waals surface area (Å²) in [7, 11) is 20.2. The predicted molar refractivity (Wildman–Crippen MR) is 337 cm³/mol. The summed E-state index contributed by atoms with van der Waals surface area (Å²) in [5.41, 5.74) is 6.93. The summed E-state index contributed by atoms with van der Waals surface area (Å²) in [5, 5.41) is 0. The molecule has 0 atom stereocenters. The number of benzene rings is 4. The van der Waals surface area contributed by atoms with Crippen LogP contribution in [0.2, 0.25) is 0 Å². The van der Waals surface area contributed by atoms with E-state index in [1.165, 1.54) is 241 Å². The zero-order valence-corrected chi connectivity index (χ0v) is 53.6. The third-order valence-electron chi connectivity index (χ3n) is 14.5. The second-order valence-corrected chi connectivity index (χ2v) is 23.0. The van der Waals surface area contributed by atoms with E-state index >= 15 is 0 Å². The van der Waals surface area contributed by atoms with Crippen molar-refractivity contribution < 1.29 is 50.9 Å². The van der Waals surface area contributed by atoms with E-state index in [4.69, 9.17) is 15.7 Å². The summed E-state index contributed by atoms with van der Waals surface area (Å²) in [5.74, 6) is 0. The summed E-state index contributed by atoms with van der Waals surface area (Å²) >= 11 is 0. The minimum Gasteiger partial charge on any atom is -1.00 e. The monoisotopic (exact) mass is 1060 g/mol. The van der Waals surface area contributed by atoms with Crippen LogP contribution in [0, 0.1) is 0 Å². The third kappa shape index (κ3) is 48.8. The molecule has 0 saturated heterocycles. The van der Waals surface area contributed by atoms with Crippen molar-refractivity contribution >= 4 is 38.8 Å². The number of quaternary nitrogens is 2. The Morgan fingerprint density at radius 1 is 0.329 bits per heavy atom. The molecule has 4 radical (unpaired) electrons. The Balaban J connectivity index is 0. The molecule has 416 valence electrons. The van der Waals surface area contributed by atoms with Crippen LogP contribution in [0.5, 0.6) is 0 Å².